The number of rotatable bonds is 8. The van der Waals surface area contributed by atoms with Crippen molar-refractivity contribution in [3.05, 3.63) is 59.4 Å². The van der Waals surface area contributed by atoms with Gasteiger partial charge in [-0.25, -0.2) is 13.2 Å². The van der Waals surface area contributed by atoms with Crippen LogP contribution in [0.1, 0.15) is 24.8 Å². The highest BCUT2D eigenvalue weighted by atomic mass is 19.2. The van der Waals surface area contributed by atoms with Crippen LogP contribution in [0.25, 0.3) is 6.08 Å². The zero-order chi connectivity index (χ0) is 22.2. The fourth-order valence-electron chi connectivity index (χ4n) is 3.37. The monoisotopic (exact) mass is 434 g/mol. The van der Waals surface area contributed by atoms with Crippen molar-refractivity contribution in [3.63, 3.8) is 0 Å². The Morgan fingerprint density at radius 3 is 2.55 bits per heavy atom. The van der Waals surface area contributed by atoms with E-state index in [1.807, 2.05) is 0 Å². The molecule has 1 amide bonds. The summed E-state index contributed by atoms with van der Waals surface area (Å²) in [6.07, 6.45) is 5.68. The highest BCUT2D eigenvalue weighted by molar-refractivity contribution is 6.02. The molecule has 5 nitrogen and oxygen atoms in total. The van der Waals surface area contributed by atoms with Crippen molar-refractivity contribution in [2.75, 3.05) is 38.7 Å². The average molecular weight is 434 g/mol. The number of nitrogens with zero attached hydrogens (tertiary/aromatic N) is 1. The largest absolute Gasteiger partial charge is 0.497 e. The molecule has 166 valence electrons. The fraction of sp³-hybridized carbons (Fsp3) is 0.348. The Bertz CT molecular complexity index is 944. The van der Waals surface area contributed by atoms with E-state index < -0.39 is 23.4 Å². The van der Waals surface area contributed by atoms with E-state index >= 15 is 0 Å². The highest BCUT2D eigenvalue weighted by Gasteiger charge is 2.11. The second-order valence-corrected chi connectivity index (χ2v) is 7.26. The lowest BCUT2D eigenvalue weighted by Gasteiger charge is -2.26. The third-order valence-electron chi connectivity index (χ3n) is 4.94. The van der Waals surface area contributed by atoms with Crippen molar-refractivity contribution >= 4 is 17.7 Å². The molecule has 0 spiro atoms. The molecule has 3 rings (SSSR count). The molecular formula is C23H25F3N2O3. The van der Waals surface area contributed by atoms with Crippen LogP contribution in [0, 0.1) is 17.5 Å². The molecule has 1 fully saturated rings. The van der Waals surface area contributed by atoms with Gasteiger partial charge in [0.25, 0.3) is 0 Å². The summed E-state index contributed by atoms with van der Waals surface area (Å²) in [5.74, 6) is -3.05. The van der Waals surface area contributed by atoms with Crippen molar-refractivity contribution < 1.29 is 27.4 Å². The number of nitrogens with one attached hydrogen (secondary N) is 1. The van der Waals surface area contributed by atoms with Gasteiger partial charge in [-0.15, -0.1) is 0 Å². The second kappa shape index (κ2) is 10.9. The molecule has 0 aliphatic carbocycles. The number of carbonyl (C=O) groups is 1. The van der Waals surface area contributed by atoms with Gasteiger partial charge in [-0.3, -0.25) is 9.69 Å². The minimum Gasteiger partial charge on any atom is -0.497 e. The molecule has 0 aromatic heterocycles. The summed E-state index contributed by atoms with van der Waals surface area (Å²) in [7, 11) is 1.50. The summed E-state index contributed by atoms with van der Waals surface area (Å²) < 4.78 is 51.3. The molecule has 1 aliphatic heterocycles. The summed E-state index contributed by atoms with van der Waals surface area (Å²) in [5.41, 5.74) is 0.0490. The Labute approximate surface area is 179 Å². The van der Waals surface area contributed by atoms with Gasteiger partial charge in [-0.05, 0) is 38.1 Å². The first-order valence-corrected chi connectivity index (χ1v) is 10.1. The number of halogens is 3. The third-order valence-corrected chi connectivity index (χ3v) is 4.94. The molecule has 1 heterocycles. The molecule has 1 saturated heterocycles. The van der Waals surface area contributed by atoms with E-state index in [1.54, 1.807) is 18.2 Å². The van der Waals surface area contributed by atoms with Gasteiger partial charge in [-0.1, -0.05) is 6.42 Å². The Kier molecular flexibility index (Phi) is 7.94. The van der Waals surface area contributed by atoms with Gasteiger partial charge in [-0.2, -0.15) is 0 Å². The maximum Gasteiger partial charge on any atom is 0.248 e. The van der Waals surface area contributed by atoms with Gasteiger partial charge < -0.3 is 14.8 Å². The van der Waals surface area contributed by atoms with Crippen molar-refractivity contribution in [1.29, 1.82) is 0 Å². The molecular weight excluding hydrogens is 409 g/mol. The lowest BCUT2D eigenvalue weighted by atomic mass is 10.1. The van der Waals surface area contributed by atoms with Crippen molar-refractivity contribution in [2.24, 2.45) is 0 Å². The lowest BCUT2D eigenvalue weighted by molar-refractivity contribution is -0.111. The van der Waals surface area contributed by atoms with E-state index in [-0.39, 0.29) is 5.56 Å². The first-order valence-electron chi connectivity index (χ1n) is 10.1. The number of ether oxygens (including phenoxy) is 2. The molecule has 2 aromatic rings. The minimum atomic E-state index is -1.32. The maximum absolute atomic E-state index is 13.7. The second-order valence-electron chi connectivity index (χ2n) is 7.26. The number of carbonyl (C=O) groups excluding carboxylic acids is 1. The van der Waals surface area contributed by atoms with Crippen LogP contribution < -0.4 is 14.8 Å². The van der Waals surface area contributed by atoms with Crippen LogP contribution in [0.2, 0.25) is 0 Å². The summed E-state index contributed by atoms with van der Waals surface area (Å²) in [6, 6.07) is 6.21. The minimum absolute atomic E-state index is 0.361. The molecule has 8 heteroatoms. The van der Waals surface area contributed by atoms with Gasteiger partial charge in [0.15, 0.2) is 11.6 Å². The van der Waals surface area contributed by atoms with Gasteiger partial charge in [0, 0.05) is 48.1 Å². The fourth-order valence-corrected chi connectivity index (χ4v) is 3.37. The molecule has 1 aliphatic rings. The van der Waals surface area contributed by atoms with Gasteiger partial charge >= 0.3 is 0 Å². The van der Waals surface area contributed by atoms with Crippen molar-refractivity contribution in [1.82, 2.24) is 4.90 Å². The molecule has 0 atom stereocenters. The van der Waals surface area contributed by atoms with Crippen LogP contribution in [0.3, 0.4) is 0 Å². The number of methoxy groups -OCH3 is 1. The first kappa shape index (κ1) is 22.7. The van der Waals surface area contributed by atoms with E-state index in [0.717, 1.165) is 37.9 Å². The van der Waals surface area contributed by atoms with Crippen molar-refractivity contribution in [2.45, 2.75) is 19.3 Å². The van der Waals surface area contributed by atoms with Crippen molar-refractivity contribution in [3.8, 4) is 11.5 Å². The summed E-state index contributed by atoms with van der Waals surface area (Å²) in [4.78, 5) is 14.6. The van der Waals surface area contributed by atoms with E-state index in [0.29, 0.717) is 29.9 Å². The highest BCUT2D eigenvalue weighted by Crippen LogP contribution is 2.26. The number of piperidine rings is 1. The number of likely N-dealkylation sites (tertiary alicyclic amines) is 1. The number of benzene rings is 2. The molecule has 2 aromatic carbocycles. The molecule has 1 N–H and O–H groups in total. The lowest BCUT2D eigenvalue weighted by Crippen LogP contribution is -2.33. The summed E-state index contributed by atoms with van der Waals surface area (Å²) >= 11 is 0. The number of hydrogen-bond acceptors (Lipinski definition) is 4. The predicted molar refractivity (Wildman–Crippen MR) is 113 cm³/mol. The number of amides is 1. The average Bonchev–Trinajstić information content (AvgIpc) is 2.75. The van der Waals surface area contributed by atoms with Crippen LogP contribution in [-0.4, -0.2) is 44.2 Å². The quantitative estimate of drug-likeness (QED) is 0.486. The standard InChI is InChI=1S/C23H25F3N2O3/c1-30-19-13-18(14-20(15-19)31-10-9-28-7-3-2-4-8-28)27-22(29)6-5-16-11-17(24)12-21(25)23(16)26/h5-6,11-15H,2-4,7-10H2,1H3,(H,27,29)/b6-5+. The Morgan fingerprint density at radius 1 is 1.06 bits per heavy atom. The normalized spacial score (nSPS) is 14.6. The Balaban J connectivity index is 1.62. The molecule has 0 bridgehead atoms. The Hall–Kier alpha value is -3.00. The maximum atomic E-state index is 13.7. The smallest absolute Gasteiger partial charge is 0.248 e. The molecule has 0 radical (unpaired) electrons. The van der Waals surface area contributed by atoms with Crippen LogP contribution in [0.5, 0.6) is 11.5 Å². The van der Waals surface area contributed by atoms with E-state index in [2.05, 4.69) is 10.2 Å². The van der Waals surface area contributed by atoms with Crippen LogP contribution in [0.4, 0.5) is 18.9 Å². The zero-order valence-corrected chi connectivity index (χ0v) is 17.3. The first-order chi connectivity index (χ1) is 14.9. The molecule has 0 saturated carbocycles. The zero-order valence-electron chi connectivity index (χ0n) is 17.3. The predicted octanol–water partition coefficient (Wildman–Crippen LogP) is 4.63. The SMILES string of the molecule is COc1cc(NC(=O)/C=C/c2cc(F)cc(F)c2F)cc(OCCN2CCCCC2)c1. The summed E-state index contributed by atoms with van der Waals surface area (Å²) in [6.45, 7) is 3.47. The Morgan fingerprint density at radius 2 is 1.81 bits per heavy atom. The summed E-state index contributed by atoms with van der Waals surface area (Å²) in [5, 5.41) is 2.61. The van der Waals surface area contributed by atoms with Crippen LogP contribution in [-0.2, 0) is 4.79 Å². The van der Waals surface area contributed by atoms with Crippen LogP contribution in [0.15, 0.2) is 36.4 Å². The molecule has 0 unspecified atom stereocenters. The van der Waals surface area contributed by atoms with E-state index in [4.69, 9.17) is 9.47 Å². The number of anilines is 1. The van der Waals surface area contributed by atoms with Gasteiger partial charge in [0.2, 0.25) is 5.91 Å². The van der Waals surface area contributed by atoms with Crippen LogP contribution >= 0.6 is 0 Å². The topological polar surface area (TPSA) is 50.8 Å². The van der Waals surface area contributed by atoms with Gasteiger partial charge in [0.1, 0.15) is 23.9 Å². The van der Waals surface area contributed by atoms with E-state index in [9.17, 15) is 18.0 Å². The van der Waals surface area contributed by atoms with Gasteiger partial charge in [0.05, 0.1) is 7.11 Å². The third kappa shape index (κ3) is 6.75. The molecule has 31 heavy (non-hydrogen) atoms. The number of hydrogen-bond donors (Lipinski definition) is 1. The van der Waals surface area contributed by atoms with E-state index in [1.165, 1.54) is 26.4 Å².